The molecule has 1 aromatic heterocycles. The molecule has 0 aliphatic carbocycles. The van der Waals surface area contributed by atoms with E-state index in [9.17, 15) is 24.6 Å². The molecule has 0 saturated heterocycles. The van der Waals surface area contributed by atoms with Crippen LogP contribution in [-0.2, 0) is 15.0 Å². The number of hydrogen-bond acceptors (Lipinski definition) is 4. The van der Waals surface area contributed by atoms with Gasteiger partial charge in [-0.25, -0.2) is 4.79 Å². The smallest absolute Gasteiger partial charge is 0.352 e. The number of aromatic nitrogens is 1. The van der Waals surface area contributed by atoms with Crippen LogP contribution in [0.1, 0.15) is 40.0 Å². The lowest BCUT2D eigenvalue weighted by Gasteiger charge is -2.40. The van der Waals surface area contributed by atoms with Gasteiger partial charge in [0.05, 0.1) is 10.4 Å². The number of rotatable bonds is 3. The summed E-state index contributed by atoms with van der Waals surface area (Å²) in [7, 11) is 0. The average molecular weight is 499 g/mol. The highest BCUT2D eigenvalue weighted by Crippen LogP contribution is 2.52. The van der Waals surface area contributed by atoms with Crippen LogP contribution in [0.4, 0.5) is 11.4 Å². The average Bonchev–Trinajstić information content (AvgIpc) is 3.06. The van der Waals surface area contributed by atoms with Gasteiger partial charge in [0.1, 0.15) is 11.6 Å². The molecule has 6 N–H and O–H groups in total. The third-order valence-corrected chi connectivity index (χ3v) is 6.45. The van der Waals surface area contributed by atoms with Gasteiger partial charge in [0.15, 0.2) is 0 Å². The summed E-state index contributed by atoms with van der Waals surface area (Å²) in [5.74, 6) is -4.77. The van der Waals surface area contributed by atoms with E-state index in [0.717, 1.165) is 0 Å². The predicted molar refractivity (Wildman–Crippen MR) is 124 cm³/mol. The molecule has 2 aromatic carbocycles. The molecule has 1 aliphatic rings. The Bertz CT molecular complexity index is 1320. The lowest BCUT2D eigenvalue weighted by molar-refractivity contribution is -0.143. The summed E-state index contributed by atoms with van der Waals surface area (Å²) in [6.45, 7) is 3.05. The van der Waals surface area contributed by atoms with Gasteiger partial charge in [0, 0.05) is 32.9 Å². The summed E-state index contributed by atoms with van der Waals surface area (Å²) in [5, 5.41) is 23.4. The topological polar surface area (TPSA) is 146 Å². The number of H-pyrrole nitrogens is 1. The summed E-state index contributed by atoms with van der Waals surface area (Å²) in [6.07, 6.45) is 0. The van der Waals surface area contributed by atoms with Crippen LogP contribution >= 0.6 is 35.6 Å². The molecule has 32 heavy (non-hydrogen) atoms. The van der Waals surface area contributed by atoms with Gasteiger partial charge in [-0.3, -0.25) is 9.59 Å². The Kier molecular flexibility index (Phi) is 5.84. The first-order valence-electron chi connectivity index (χ1n) is 9.16. The normalized spacial score (nSPS) is 19.8. The molecule has 3 aromatic rings. The van der Waals surface area contributed by atoms with Crippen molar-refractivity contribution in [1.82, 2.24) is 4.98 Å². The number of carbonyl (C=O) groups is 3. The monoisotopic (exact) mass is 497 g/mol. The van der Waals surface area contributed by atoms with Gasteiger partial charge in [-0.05, 0) is 49.2 Å². The van der Waals surface area contributed by atoms with Crippen molar-refractivity contribution in [3.8, 4) is 0 Å². The lowest BCUT2D eigenvalue weighted by Crippen LogP contribution is -2.50. The number of nitrogens with two attached hydrogens (primary N) is 1. The molecule has 2 atom stereocenters. The molecule has 0 radical (unpaired) electrons. The molecule has 8 nitrogen and oxygen atoms in total. The number of hydrogen-bond donors (Lipinski definition) is 5. The molecule has 0 fully saturated rings. The molecule has 1 amide bonds. The highest BCUT2D eigenvalue weighted by Gasteiger charge is 2.55. The Balaban J connectivity index is 0.00000289. The Labute approximate surface area is 198 Å². The van der Waals surface area contributed by atoms with Crippen molar-refractivity contribution in [1.29, 1.82) is 0 Å². The minimum absolute atomic E-state index is 0. The predicted octanol–water partition coefficient (Wildman–Crippen LogP) is 4.56. The van der Waals surface area contributed by atoms with Gasteiger partial charge >= 0.3 is 11.9 Å². The number of aliphatic carboxylic acids is 1. The Morgan fingerprint density at radius 1 is 1.19 bits per heavy atom. The fourth-order valence-electron chi connectivity index (χ4n) is 4.45. The maximum absolute atomic E-state index is 13.4. The summed E-state index contributed by atoms with van der Waals surface area (Å²) >= 11 is 12.5. The second-order valence-corrected chi connectivity index (χ2v) is 8.50. The maximum atomic E-state index is 13.4. The summed E-state index contributed by atoms with van der Waals surface area (Å²) in [4.78, 5) is 40.8. The number of fused-ring (bicyclic) bond motifs is 2. The number of carboxylic acids is 2. The van der Waals surface area contributed by atoms with E-state index < -0.39 is 29.2 Å². The van der Waals surface area contributed by atoms with Crippen LogP contribution in [-0.4, -0.2) is 33.0 Å². The van der Waals surface area contributed by atoms with Crippen LogP contribution in [0.15, 0.2) is 24.3 Å². The van der Waals surface area contributed by atoms with Crippen molar-refractivity contribution in [2.45, 2.75) is 25.2 Å². The van der Waals surface area contributed by atoms with Crippen molar-refractivity contribution in [2.24, 2.45) is 0 Å². The standard InChI is InChI=1S/C21H17Cl2N3O5.ClH/c1-7-10(24)3-4-11-13(7)16(18(27)28)21(2,20(31)26-11)15-14-9(23)5-8(22)6-12(14)25-17(15)19(29)30;/h3-6,16,25H,24H2,1-2H3,(H,26,31)(H,27,28)(H,29,30);1H. The van der Waals surface area contributed by atoms with Crippen LogP contribution in [0.25, 0.3) is 10.9 Å². The number of aromatic carboxylic acids is 1. The summed E-state index contributed by atoms with van der Waals surface area (Å²) in [6, 6.07) is 5.98. The van der Waals surface area contributed by atoms with Gasteiger partial charge < -0.3 is 26.2 Å². The number of carbonyl (C=O) groups excluding carboxylic acids is 1. The Hall–Kier alpha value is -2.94. The van der Waals surface area contributed by atoms with Gasteiger partial charge in [0.25, 0.3) is 0 Å². The molecule has 1 aliphatic heterocycles. The zero-order valence-corrected chi connectivity index (χ0v) is 19.1. The van der Waals surface area contributed by atoms with Crippen LogP contribution in [0, 0.1) is 6.92 Å². The minimum atomic E-state index is -1.83. The molecule has 2 unspecified atom stereocenters. The lowest BCUT2D eigenvalue weighted by atomic mass is 9.64. The minimum Gasteiger partial charge on any atom is -0.481 e. The molecule has 0 spiro atoms. The number of benzene rings is 2. The molecule has 168 valence electrons. The van der Waals surface area contributed by atoms with E-state index in [1.165, 1.54) is 25.1 Å². The third-order valence-electron chi connectivity index (χ3n) is 5.94. The van der Waals surface area contributed by atoms with E-state index in [1.807, 2.05) is 0 Å². The van der Waals surface area contributed by atoms with E-state index in [4.69, 9.17) is 28.9 Å². The fraction of sp³-hybridized carbons (Fsp3) is 0.190. The van der Waals surface area contributed by atoms with Crippen molar-refractivity contribution >= 4 is 75.7 Å². The van der Waals surface area contributed by atoms with E-state index in [2.05, 4.69) is 10.3 Å². The molecule has 0 bridgehead atoms. The molecule has 11 heteroatoms. The van der Waals surface area contributed by atoms with Crippen LogP contribution in [0.2, 0.25) is 10.0 Å². The fourth-order valence-corrected chi connectivity index (χ4v) is 5.04. The number of nitrogens with one attached hydrogen (secondary N) is 2. The van der Waals surface area contributed by atoms with Gasteiger partial charge in [-0.2, -0.15) is 0 Å². The van der Waals surface area contributed by atoms with Crippen molar-refractivity contribution < 1.29 is 24.6 Å². The van der Waals surface area contributed by atoms with E-state index in [1.54, 1.807) is 13.0 Å². The van der Waals surface area contributed by atoms with Crippen molar-refractivity contribution in [3.05, 3.63) is 56.7 Å². The largest absolute Gasteiger partial charge is 0.481 e. The quantitative estimate of drug-likeness (QED) is 0.335. The SMILES string of the molecule is Cc1c(N)ccc2c1C(C(=O)O)C(C)(c1c(C(=O)O)[nH]c3cc(Cl)cc(Cl)c13)C(=O)N2.Cl. The number of nitrogen functional groups attached to an aromatic ring is 1. The zero-order valence-electron chi connectivity index (χ0n) is 16.7. The van der Waals surface area contributed by atoms with Crippen LogP contribution < -0.4 is 11.1 Å². The van der Waals surface area contributed by atoms with Crippen LogP contribution in [0.3, 0.4) is 0 Å². The van der Waals surface area contributed by atoms with E-state index in [0.29, 0.717) is 22.5 Å². The number of anilines is 2. The summed E-state index contributed by atoms with van der Waals surface area (Å²) in [5.41, 5.74) is 5.55. The number of halogens is 3. The second kappa shape index (κ2) is 7.88. The number of carboxylic acid groups (broad SMARTS) is 2. The molecular formula is C21H18Cl3N3O5. The molecule has 4 rings (SSSR count). The highest BCUT2D eigenvalue weighted by molar-refractivity contribution is 6.39. The summed E-state index contributed by atoms with van der Waals surface area (Å²) < 4.78 is 0. The third kappa shape index (κ3) is 3.18. The molecule has 2 heterocycles. The first-order valence-corrected chi connectivity index (χ1v) is 9.91. The van der Waals surface area contributed by atoms with Crippen molar-refractivity contribution in [3.63, 3.8) is 0 Å². The Morgan fingerprint density at radius 2 is 1.84 bits per heavy atom. The highest BCUT2D eigenvalue weighted by atomic mass is 35.5. The number of amides is 1. The van der Waals surface area contributed by atoms with Gasteiger partial charge in [0.2, 0.25) is 5.91 Å². The maximum Gasteiger partial charge on any atom is 0.352 e. The first-order chi connectivity index (χ1) is 14.5. The van der Waals surface area contributed by atoms with Crippen molar-refractivity contribution in [2.75, 3.05) is 11.1 Å². The molecular weight excluding hydrogens is 481 g/mol. The zero-order chi connectivity index (χ0) is 22.8. The first kappa shape index (κ1) is 23.7. The van der Waals surface area contributed by atoms with Crippen LogP contribution in [0.5, 0.6) is 0 Å². The Morgan fingerprint density at radius 3 is 2.44 bits per heavy atom. The molecule has 0 saturated carbocycles. The second-order valence-electron chi connectivity index (χ2n) is 7.66. The number of aromatic amines is 1. The van der Waals surface area contributed by atoms with Gasteiger partial charge in [-0.1, -0.05) is 23.2 Å². The van der Waals surface area contributed by atoms with E-state index in [-0.39, 0.29) is 44.6 Å². The van der Waals surface area contributed by atoms with Gasteiger partial charge in [-0.15, -0.1) is 12.4 Å². The van der Waals surface area contributed by atoms with E-state index >= 15 is 0 Å².